The molecule has 32 heavy (non-hydrogen) atoms. The highest BCUT2D eigenvalue weighted by molar-refractivity contribution is 5.30. The van der Waals surface area contributed by atoms with Gasteiger partial charge in [-0.3, -0.25) is 0 Å². The highest BCUT2D eigenvalue weighted by Crippen LogP contribution is 2.38. The van der Waals surface area contributed by atoms with Gasteiger partial charge in [-0.15, -0.1) is 0 Å². The van der Waals surface area contributed by atoms with Crippen LogP contribution in [0.2, 0.25) is 0 Å². The van der Waals surface area contributed by atoms with E-state index in [0.29, 0.717) is 6.54 Å². The molecule has 4 unspecified atom stereocenters. The van der Waals surface area contributed by atoms with E-state index in [9.17, 15) is 0 Å². The van der Waals surface area contributed by atoms with Crippen molar-refractivity contribution in [3.05, 3.63) is 59.9 Å². The summed E-state index contributed by atoms with van der Waals surface area (Å²) in [5.41, 5.74) is 14.5. The number of hydrogen-bond donors (Lipinski definition) is 4. The van der Waals surface area contributed by atoms with Gasteiger partial charge >= 0.3 is 0 Å². The molecule has 0 aromatic heterocycles. The predicted octanol–water partition coefficient (Wildman–Crippen LogP) is 4.65. The van der Waals surface area contributed by atoms with Crippen molar-refractivity contribution in [2.24, 2.45) is 11.5 Å². The topological polar surface area (TPSA) is 85.3 Å². The lowest BCUT2D eigenvalue weighted by Gasteiger charge is -2.49. The Hall–Kier alpha value is -1.82. The Morgan fingerprint density at radius 3 is 2.34 bits per heavy atom. The average molecular weight is 443 g/mol. The highest BCUT2D eigenvalue weighted by Gasteiger charge is 2.47. The van der Waals surface area contributed by atoms with E-state index in [2.05, 4.69) is 81.7 Å². The first-order valence-corrected chi connectivity index (χ1v) is 12.2. The van der Waals surface area contributed by atoms with Crippen LogP contribution in [0, 0.1) is 0 Å². The lowest BCUT2D eigenvalue weighted by molar-refractivity contribution is -0.0766. The lowest BCUT2D eigenvalue weighted by atomic mass is 9.72. The van der Waals surface area contributed by atoms with E-state index in [1.54, 1.807) is 0 Å². The van der Waals surface area contributed by atoms with Crippen molar-refractivity contribution in [3.8, 4) is 0 Å². The molecule has 5 heteroatoms. The molecule has 0 amide bonds. The SMILES string of the molecule is CCC1(C(CC)(CCCN)OC)/C=C\C(CC(N)c2ccc(C(C)(C)C)cc2)N/C=C\N1. The lowest BCUT2D eigenvalue weighted by Crippen LogP contribution is -2.61. The van der Waals surface area contributed by atoms with Crippen molar-refractivity contribution in [2.45, 2.75) is 95.4 Å². The Morgan fingerprint density at radius 1 is 1.12 bits per heavy atom. The summed E-state index contributed by atoms with van der Waals surface area (Å²) in [6.07, 6.45) is 13.0. The second-order valence-electron chi connectivity index (χ2n) is 10.1. The van der Waals surface area contributed by atoms with Gasteiger partial charge in [-0.1, -0.05) is 71.0 Å². The Balaban J connectivity index is 2.23. The van der Waals surface area contributed by atoms with Crippen molar-refractivity contribution in [2.75, 3.05) is 13.7 Å². The zero-order chi connectivity index (χ0) is 23.8. The molecule has 0 saturated carbocycles. The fourth-order valence-corrected chi connectivity index (χ4v) is 4.89. The van der Waals surface area contributed by atoms with Gasteiger partial charge in [0.05, 0.1) is 11.1 Å². The first-order valence-electron chi connectivity index (χ1n) is 12.2. The smallest absolute Gasteiger partial charge is 0.0940 e. The molecule has 2 rings (SSSR count). The minimum absolute atomic E-state index is 0.0430. The van der Waals surface area contributed by atoms with Crippen LogP contribution in [0.15, 0.2) is 48.8 Å². The van der Waals surface area contributed by atoms with E-state index in [4.69, 9.17) is 16.2 Å². The van der Waals surface area contributed by atoms with E-state index >= 15 is 0 Å². The third-order valence-corrected chi connectivity index (χ3v) is 7.18. The molecule has 1 aliphatic rings. The second-order valence-corrected chi connectivity index (χ2v) is 10.1. The number of nitrogens with one attached hydrogen (secondary N) is 2. The van der Waals surface area contributed by atoms with Gasteiger partial charge in [0.15, 0.2) is 0 Å². The summed E-state index contributed by atoms with van der Waals surface area (Å²) in [7, 11) is 1.82. The highest BCUT2D eigenvalue weighted by atomic mass is 16.5. The van der Waals surface area contributed by atoms with Gasteiger partial charge in [0, 0.05) is 31.6 Å². The summed E-state index contributed by atoms with van der Waals surface area (Å²) in [6, 6.07) is 8.84. The maximum atomic E-state index is 6.63. The van der Waals surface area contributed by atoms with Crippen LogP contribution in [0.1, 0.15) is 83.9 Å². The fraction of sp³-hybridized carbons (Fsp3) is 0.630. The molecule has 0 radical (unpaired) electrons. The molecule has 1 aliphatic heterocycles. The van der Waals surface area contributed by atoms with Crippen molar-refractivity contribution in [1.29, 1.82) is 0 Å². The van der Waals surface area contributed by atoms with Gasteiger partial charge in [-0.25, -0.2) is 0 Å². The van der Waals surface area contributed by atoms with Gasteiger partial charge in [0.1, 0.15) is 0 Å². The number of nitrogens with two attached hydrogens (primary N) is 2. The third kappa shape index (κ3) is 5.94. The molecule has 1 aromatic rings. The molecule has 1 aromatic carbocycles. The van der Waals surface area contributed by atoms with Gasteiger partial charge in [-0.2, -0.15) is 0 Å². The minimum Gasteiger partial charge on any atom is -0.383 e. The first-order chi connectivity index (χ1) is 15.2. The Labute approximate surface area is 196 Å². The van der Waals surface area contributed by atoms with Crippen LogP contribution in [0.4, 0.5) is 0 Å². The Bertz CT molecular complexity index is 746. The molecule has 0 saturated heterocycles. The largest absolute Gasteiger partial charge is 0.383 e. The molecule has 180 valence electrons. The summed E-state index contributed by atoms with van der Waals surface area (Å²) in [5, 5.41) is 7.12. The van der Waals surface area contributed by atoms with Crippen LogP contribution in [0.5, 0.6) is 0 Å². The summed E-state index contributed by atoms with van der Waals surface area (Å²) < 4.78 is 6.20. The van der Waals surface area contributed by atoms with Crippen LogP contribution in [-0.4, -0.2) is 30.8 Å². The van der Waals surface area contributed by atoms with Crippen LogP contribution in [0.25, 0.3) is 0 Å². The van der Waals surface area contributed by atoms with Gasteiger partial charge in [0.2, 0.25) is 0 Å². The molecule has 6 N–H and O–H groups in total. The molecule has 0 fully saturated rings. The maximum absolute atomic E-state index is 6.63. The van der Waals surface area contributed by atoms with Gasteiger partial charge in [-0.05, 0) is 55.2 Å². The maximum Gasteiger partial charge on any atom is 0.0940 e. The van der Waals surface area contributed by atoms with E-state index in [0.717, 1.165) is 32.1 Å². The van der Waals surface area contributed by atoms with Crippen molar-refractivity contribution in [3.63, 3.8) is 0 Å². The Kier molecular flexibility index (Phi) is 9.38. The van der Waals surface area contributed by atoms with Crippen LogP contribution in [-0.2, 0) is 10.2 Å². The monoisotopic (exact) mass is 442 g/mol. The standard InChI is InChI=1S/C27H46N4O/c1-7-26(27(8-2,32-6)15-9-17-28)16-14-23(30-18-19-31-26)20-24(29)21-10-12-22(13-11-21)25(3,4)5/h10-14,16,18-19,23-24,30-31H,7-9,15,17,20,28-29H2,1-6H3/b16-14-,19-18-. The number of rotatable bonds is 10. The summed E-state index contributed by atoms with van der Waals surface area (Å²) in [6.45, 7) is 11.8. The van der Waals surface area contributed by atoms with Crippen molar-refractivity contribution in [1.82, 2.24) is 10.6 Å². The van der Waals surface area contributed by atoms with Gasteiger partial charge < -0.3 is 26.8 Å². The number of benzene rings is 1. The molecule has 5 nitrogen and oxygen atoms in total. The first kappa shape index (κ1) is 26.4. The molecule has 0 bridgehead atoms. The van der Waals surface area contributed by atoms with E-state index in [1.807, 2.05) is 19.5 Å². The fourth-order valence-electron chi connectivity index (χ4n) is 4.89. The second kappa shape index (κ2) is 11.4. The number of ether oxygens (including phenoxy) is 1. The summed E-state index contributed by atoms with van der Waals surface area (Å²) >= 11 is 0. The molecular formula is C27H46N4O. The normalized spacial score (nSPS) is 26.1. The van der Waals surface area contributed by atoms with Crippen LogP contribution < -0.4 is 22.1 Å². The molecule has 0 spiro atoms. The van der Waals surface area contributed by atoms with Crippen molar-refractivity contribution >= 4 is 0 Å². The number of methoxy groups -OCH3 is 1. The van der Waals surface area contributed by atoms with E-state index in [-0.39, 0.29) is 28.6 Å². The predicted molar refractivity (Wildman–Crippen MR) is 136 cm³/mol. The van der Waals surface area contributed by atoms with E-state index < -0.39 is 0 Å². The van der Waals surface area contributed by atoms with E-state index in [1.165, 1.54) is 11.1 Å². The molecular weight excluding hydrogens is 396 g/mol. The average Bonchev–Trinajstić information content (AvgIpc) is 2.77. The zero-order valence-corrected chi connectivity index (χ0v) is 21.1. The minimum atomic E-state index is -0.325. The zero-order valence-electron chi connectivity index (χ0n) is 21.1. The number of hydrogen-bond acceptors (Lipinski definition) is 5. The molecule has 1 heterocycles. The summed E-state index contributed by atoms with van der Waals surface area (Å²) in [5.74, 6) is 0. The molecule has 0 aliphatic carbocycles. The Morgan fingerprint density at radius 2 is 1.81 bits per heavy atom. The van der Waals surface area contributed by atoms with Crippen LogP contribution in [0.3, 0.4) is 0 Å². The van der Waals surface area contributed by atoms with Crippen molar-refractivity contribution < 1.29 is 4.74 Å². The van der Waals surface area contributed by atoms with Crippen LogP contribution >= 0.6 is 0 Å². The summed E-state index contributed by atoms with van der Waals surface area (Å²) in [4.78, 5) is 0. The quantitative estimate of drug-likeness (QED) is 0.397. The molecule has 4 atom stereocenters. The van der Waals surface area contributed by atoms with Gasteiger partial charge in [0.25, 0.3) is 0 Å². The third-order valence-electron chi connectivity index (χ3n) is 7.18.